The molecule has 148 valence electrons. The molecule has 1 atom stereocenters. The van der Waals surface area contributed by atoms with Gasteiger partial charge in [-0.05, 0) is 36.3 Å². The molecule has 0 bridgehead atoms. The number of nitrogens with zero attached hydrogens (tertiary/aromatic N) is 3. The molecule has 0 saturated carbocycles. The van der Waals surface area contributed by atoms with E-state index >= 15 is 0 Å². The van der Waals surface area contributed by atoms with Gasteiger partial charge in [-0.2, -0.15) is 4.57 Å². The maximum atomic E-state index is 13.2. The maximum absolute atomic E-state index is 13.2. The molecular weight excluding hydrogens is 374 g/mol. The predicted octanol–water partition coefficient (Wildman–Crippen LogP) is 4.18. The molecule has 28 heavy (non-hydrogen) atoms. The van der Waals surface area contributed by atoms with E-state index in [9.17, 15) is 14.9 Å². The van der Waals surface area contributed by atoms with Crippen molar-refractivity contribution in [3.05, 3.63) is 70.0 Å². The lowest BCUT2D eigenvalue weighted by Crippen LogP contribution is -2.47. The van der Waals surface area contributed by atoms with Crippen molar-refractivity contribution >= 4 is 29.1 Å². The number of carbonyl (C=O) groups is 1. The number of carbonyl (C=O) groups excluding carboxylic acids is 1. The topological polar surface area (TPSA) is 76.4 Å². The molecule has 1 aromatic carbocycles. The van der Waals surface area contributed by atoms with Gasteiger partial charge in [0.1, 0.15) is 0 Å². The van der Waals surface area contributed by atoms with Gasteiger partial charge >= 0.3 is 0 Å². The molecule has 2 rings (SSSR count). The number of Topliss-reactive ketones (excluding diaryl/α,β-unsaturated/α-hetero) is 1. The first-order valence-corrected chi connectivity index (χ1v) is 9.84. The molecule has 1 aromatic heterocycles. The number of benzene rings is 1. The van der Waals surface area contributed by atoms with E-state index in [2.05, 4.69) is 18.8 Å². The Morgan fingerprint density at radius 2 is 1.82 bits per heavy atom. The summed E-state index contributed by atoms with van der Waals surface area (Å²) in [5, 5.41) is 11.3. The van der Waals surface area contributed by atoms with Gasteiger partial charge in [-0.15, -0.1) is 0 Å². The lowest BCUT2D eigenvalue weighted by molar-refractivity contribution is -0.692. The first-order valence-electron chi connectivity index (χ1n) is 9.43. The highest BCUT2D eigenvalue weighted by molar-refractivity contribution is 7.77. The average molecular weight is 400 g/mol. The Balaban J connectivity index is 2.45. The van der Waals surface area contributed by atoms with Crippen LogP contribution in [0.2, 0.25) is 0 Å². The van der Waals surface area contributed by atoms with E-state index < -0.39 is 11.0 Å². The molecule has 2 aromatic rings. The number of aliphatic imine (C=N–C) groups is 1. The summed E-state index contributed by atoms with van der Waals surface area (Å²) in [6, 6.07) is 8.90. The number of hydrogen-bond acceptors (Lipinski definition) is 5. The van der Waals surface area contributed by atoms with E-state index in [-0.39, 0.29) is 22.1 Å². The Bertz CT molecular complexity index is 861. The summed E-state index contributed by atoms with van der Waals surface area (Å²) < 4.78 is 1.73. The summed E-state index contributed by atoms with van der Waals surface area (Å²) in [5.41, 5.74) is 1.32. The van der Waals surface area contributed by atoms with Crippen molar-refractivity contribution in [3.63, 3.8) is 0 Å². The molecule has 0 amide bonds. The van der Waals surface area contributed by atoms with Crippen molar-refractivity contribution in [2.24, 2.45) is 4.99 Å². The fourth-order valence-corrected chi connectivity index (χ4v) is 3.56. The second-order valence-corrected chi connectivity index (χ2v) is 6.90. The summed E-state index contributed by atoms with van der Waals surface area (Å²) in [6.07, 6.45) is 5.76. The van der Waals surface area contributed by atoms with Crippen LogP contribution in [0.3, 0.4) is 0 Å². The van der Waals surface area contributed by atoms with Gasteiger partial charge in [0.05, 0.1) is 4.92 Å². The Kier molecular flexibility index (Phi) is 7.75. The van der Waals surface area contributed by atoms with Gasteiger partial charge in [-0.3, -0.25) is 14.9 Å². The van der Waals surface area contributed by atoms with Crippen molar-refractivity contribution in [3.8, 4) is 0 Å². The Labute approximate surface area is 170 Å². The normalized spacial score (nSPS) is 12.8. The van der Waals surface area contributed by atoms with Crippen molar-refractivity contribution < 1.29 is 14.3 Å². The molecule has 0 spiro atoms. The van der Waals surface area contributed by atoms with Gasteiger partial charge in [0.2, 0.25) is 11.8 Å². The zero-order chi connectivity index (χ0) is 20.7. The zero-order valence-electron chi connectivity index (χ0n) is 16.4. The van der Waals surface area contributed by atoms with E-state index in [0.717, 1.165) is 12.8 Å². The molecule has 0 fully saturated rings. The van der Waals surface area contributed by atoms with E-state index in [0.29, 0.717) is 12.5 Å². The molecular formula is C21H25N3O3S. The summed E-state index contributed by atoms with van der Waals surface area (Å²) in [4.78, 5) is 28.0. The number of hydrogen-bond donors (Lipinski definition) is 0. The molecule has 0 radical (unpaired) electrons. The highest BCUT2D eigenvalue weighted by atomic mass is 32.1. The third kappa shape index (κ3) is 4.98. The Morgan fingerprint density at radius 1 is 1.18 bits per heavy atom. The minimum absolute atomic E-state index is 0.128. The summed E-state index contributed by atoms with van der Waals surface area (Å²) in [7, 11) is 0. The van der Waals surface area contributed by atoms with Gasteiger partial charge in [0.15, 0.2) is 12.4 Å². The monoisotopic (exact) mass is 399 g/mol. The molecule has 0 aliphatic heterocycles. The van der Waals surface area contributed by atoms with Crippen LogP contribution in [0.1, 0.15) is 61.5 Å². The van der Waals surface area contributed by atoms with E-state index in [1.165, 1.54) is 23.8 Å². The quantitative estimate of drug-likeness (QED) is 0.121. The van der Waals surface area contributed by atoms with Crippen molar-refractivity contribution in [2.45, 2.75) is 45.6 Å². The second-order valence-electron chi connectivity index (χ2n) is 6.48. The predicted molar refractivity (Wildman–Crippen MR) is 112 cm³/mol. The van der Waals surface area contributed by atoms with Gasteiger partial charge in [0, 0.05) is 36.4 Å². The molecule has 1 heterocycles. The first-order chi connectivity index (χ1) is 13.4. The average Bonchev–Trinajstić information content (AvgIpc) is 2.70. The fraction of sp³-hybridized carbons (Fsp3) is 0.381. The number of ketones is 1. The first kappa shape index (κ1) is 21.6. The molecule has 7 heteroatoms. The van der Waals surface area contributed by atoms with Crippen LogP contribution in [0.5, 0.6) is 0 Å². The molecule has 0 aliphatic carbocycles. The van der Waals surface area contributed by atoms with E-state index in [1.54, 1.807) is 10.6 Å². The van der Waals surface area contributed by atoms with Gasteiger partial charge in [-0.1, -0.05) is 26.0 Å². The lowest BCUT2D eigenvalue weighted by atomic mass is 9.95. The van der Waals surface area contributed by atoms with E-state index in [1.807, 2.05) is 31.5 Å². The third-order valence-electron chi connectivity index (χ3n) is 4.77. The maximum Gasteiger partial charge on any atom is 0.270 e. The van der Waals surface area contributed by atoms with Crippen molar-refractivity contribution in [1.82, 2.24) is 0 Å². The van der Waals surface area contributed by atoms with Crippen LogP contribution in [-0.2, 0) is 12.6 Å². The number of aromatic nitrogens is 1. The zero-order valence-corrected chi connectivity index (χ0v) is 17.2. The SMILES string of the molecule is CCN=C([S-])[C@@H](C(=O)c1cccc([N+](=O)[O-])c1)[n+]1ccc(C(CC)CC)cc1. The van der Waals surface area contributed by atoms with Crippen LogP contribution in [0.25, 0.3) is 0 Å². The van der Waals surface area contributed by atoms with Crippen molar-refractivity contribution in [1.29, 1.82) is 0 Å². The highest BCUT2D eigenvalue weighted by Crippen LogP contribution is 2.22. The van der Waals surface area contributed by atoms with Gasteiger partial charge in [-0.25, -0.2) is 0 Å². The van der Waals surface area contributed by atoms with Crippen LogP contribution >= 0.6 is 0 Å². The van der Waals surface area contributed by atoms with Crippen molar-refractivity contribution in [2.75, 3.05) is 6.54 Å². The highest BCUT2D eigenvalue weighted by Gasteiger charge is 2.29. The number of non-ortho nitro benzene ring substituents is 1. The molecule has 0 aliphatic rings. The Hall–Kier alpha value is -2.67. The molecule has 0 saturated heterocycles. The Morgan fingerprint density at radius 3 is 2.36 bits per heavy atom. The standard InChI is InChI=1S/C21H25N3O3S/c1-4-15(5-2)16-10-12-23(13-11-16)19(21(28)22-6-3)20(25)17-8-7-9-18(14-17)24(26)27/h7-15,19H,4-6H2,1-3H3/t19-/m1/s1. The third-order valence-corrected chi connectivity index (χ3v) is 5.12. The van der Waals surface area contributed by atoms with Crippen LogP contribution in [-0.4, -0.2) is 22.3 Å². The number of rotatable bonds is 9. The van der Waals surface area contributed by atoms with Crippen LogP contribution in [0, 0.1) is 10.1 Å². The van der Waals surface area contributed by atoms with Crippen LogP contribution < -0.4 is 4.57 Å². The van der Waals surface area contributed by atoms with Crippen LogP contribution in [0.15, 0.2) is 53.8 Å². The summed E-state index contributed by atoms with van der Waals surface area (Å²) in [6.45, 7) is 6.62. The van der Waals surface area contributed by atoms with E-state index in [4.69, 9.17) is 12.6 Å². The minimum atomic E-state index is -0.812. The second kappa shape index (κ2) is 10.0. The number of pyridine rings is 1. The lowest BCUT2D eigenvalue weighted by Gasteiger charge is -2.19. The molecule has 6 nitrogen and oxygen atoms in total. The number of nitro benzene ring substituents is 1. The molecule has 0 N–H and O–H groups in total. The fourth-order valence-electron chi connectivity index (χ4n) is 3.20. The van der Waals surface area contributed by atoms with Crippen LogP contribution in [0.4, 0.5) is 5.69 Å². The summed E-state index contributed by atoms with van der Waals surface area (Å²) in [5.74, 6) is 0.152. The smallest absolute Gasteiger partial charge is 0.270 e. The minimum Gasteiger partial charge on any atom is -0.758 e. The van der Waals surface area contributed by atoms with Gasteiger partial charge < -0.3 is 17.6 Å². The molecule has 0 unspecified atom stereocenters. The number of nitro groups is 1. The largest absolute Gasteiger partial charge is 0.758 e. The van der Waals surface area contributed by atoms with Gasteiger partial charge in [0.25, 0.3) is 5.69 Å². The summed E-state index contributed by atoms with van der Waals surface area (Å²) >= 11 is 5.41.